The van der Waals surface area contributed by atoms with Crippen LogP contribution < -0.4 is 0 Å². The summed E-state index contributed by atoms with van der Waals surface area (Å²) in [5.41, 5.74) is 12.9. The molecule has 8 aromatic rings. The number of benzene rings is 6. The van der Waals surface area contributed by atoms with Crippen LogP contribution in [0.3, 0.4) is 0 Å². The molecule has 6 heteroatoms. The molecule has 0 saturated carbocycles. The molecule has 2 aromatic heterocycles. The Morgan fingerprint density at radius 1 is 0.283 bits per heavy atom. The highest BCUT2D eigenvalue weighted by molar-refractivity contribution is 9.10. The number of rotatable bonds is 5. The molecule has 8 rings (SSSR count). The highest BCUT2D eigenvalue weighted by atomic mass is 79.9. The third kappa shape index (κ3) is 5.51. The zero-order valence-electron chi connectivity index (χ0n) is 24.4. The van der Waals surface area contributed by atoms with Crippen molar-refractivity contribution in [3.63, 3.8) is 0 Å². The Hall–Kier alpha value is -5.04. The monoisotopic (exact) mass is 718 g/mol. The van der Waals surface area contributed by atoms with E-state index in [9.17, 15) is 0 Å². The molecule has 0 aliphatic heterocycles. The van der Waals surface area contributed by atoms with Gasteiger partial charge in [-0.2, -0.15) is 0 Å². The van der Waals surface area contributed by atoms with Crippen LogP contribution in [0.1, 0.15) is 0 Å². The summed E-state index contributed by atoms with van der Waals surface area (Å²) in [4.78, 5) is 20.6. The molecular weight excluding hydrogens is 696 g/mol. The van der Waals surface area contributed by atoms with E-state index in [-0.39, 0.29) is 0 Å². The van der Waals surface area contributed by atoms with Crippen molar-refractivity contribution in [3.8, 4) is 56.2 Å². The van der Waals surface area contributed by atoms with E-state index in [0.29, 0.717) is 0 Å². The highest BCUT2D eigenvalue weighted by Crippen LogP contribution is 2.35. The predicted molar refractivity (Wildman–Crippen MR) is 195 cm³/mol. The normalized spacial score (nSPS) is 11.3. The maximum absolute atomic E-state index is 5.20. The number of fused-ring (bicyclic) bond motifs is 2. The van der Waals surface area contributed by atoms with Gasteiger partial charge in [-0.15, -0.1) is 0 Å². The van der Waals surface area contributed by atoms with E-state index in [1.165, 1.54) is 0 Å². The van der Waals surface area contributed by atoms with Crippen molar-refractivity contribution in [1.29, 1.82) is 0 Å². The van der Waals surface area contributed by atoms with Gasteiger partial charge in [0.15, 0.2) is 0 Å². The summed E-state index contributed by atoms with van der Waals surface area (Å²) < 4.78 is 2.04. The minimum absolute atomic E-state index is 0.830. The first-order valence-electron chi connectivity index (χ1n) is 14.9. The largest absolute Gasteiger partial charge is 0.244 e. The van der Waals surface area contributed by atoms with E-state index in [1.54, 1.807) is 0 Å². The molecule has 0 N–H and O–H groups in total. The highest BCUT2D eigenvalue weighted by Gasteiger charge is 2.16. The van der Waals surface area contributed by atoms with Crippen LogP contribution in [0.4, 0.5) is 0 Å². The molecule has 0 bridgehead atoms. The smallest absolute Gasteiger partial charge is 0.0973 e. The van der Waals surface area contributed by atoms with Crippen molar-refractivity contribution in [3.05, 3.63) is 155 Å². The maximum Gasteiger partial charge on any atom is 0.0973 e. The molecule has 0 saturated heterocycles. The van der Waals surface area contributed by atoms with Gasteiger partial charge in [0.1, 0.15) is 0 Å². The average molecular weight is 720 g/mol. The Bertz CT molecular complexity index is 2190. The van der Waals surface area contributed by atoms with Crippen LogP contribution >= 0.6 is 31.9 Å². The first-order valence-corrected chi connectivity index (χ1v) is 16.4. The molecular formula is C40H24Br2N4. The van der Waals surface area contributed by atoms with E-state index in [0.717, 1.165) is 87.2 Å². The van der Waals surface area contributed by atoms with Crippen LogP contribution in [-0.4, -0.2) is 19.9 Å². The van der Waals surface area contributed by atoms with Crippen molar-refractivity contribution in [1.82, 2.24) is 19.9 Å². The van der Waals surface area contributed by atoms with Gasteiger partial charge >= 0.3 is 0 Å². The number of hydrogen-bond donors (Lipinski definition) is 0. The number of halogens is 2. The number of aromatic nitrogens is 4. The molecule has 0 aliphatic rings. The topological polar surface area (TPSA) is 51.6 Å². The van der Waals surface area contributed by atoms with Crippen molar-refractivity contribution < 1.29 is 0 Å². The molecule has 0 spiro atoms. The Balaban J connectivity index is 1.27. The predicted octanol–water partition coefficient (Wildman–Crippen LogP) is 11.4. The van der Waals surface area contributed by atoms with Crippen LogP contribution in [0.5, 0.6) is 0 Å². The Labute approximate surface area is 283 Å². The van der Waals surface area contributed by atoms with E-state index in [4.69, 9.17) is 19.9 Å². The van der Waals surface area contributed by atoms with Gasteiger partial charge in [0.2, 0.25) is 0 Å². The van der Waals surface area contributed by atoms with Gasteiger partial charge in [-0.05, 0) is 59.7 Å². The summed E-state index contributed by atoms with van der Waals surface area (Å²) in [6.45, 7) is 0. The van der Waals surface area contributed by atoms with Gasteiger partial charge in [-0.25, -0.2) is 19.9 Å². The molecule has 2 heterocycles. The zero-order valence-corrected chi connectivity index (χ0v) is 27.6. The summed E-state index contributed by atoms with van der Waals surface area (Å²) in [6, 6.07) is 49.4. The average Bonchev–Trinajstić information content (AvgIpc) is 3.11. The van der Waals surface area contributed by atoms with E-state index in [2.05, 4.69) is 117 Å². The van der Waals surface area contributed by atoms with Gasteiger partial charge in [0.25, 0.3) is 0 Å². The molecule has 0 amide bonds. The SMILES string of the molecule is Brc1ccc(-c2nc3cc(-c4ccc5nc(-c6ccccc6)c(-c6ccc(Br)cc6)nc5c4)ccc3nc2-c2ccccc2)cc1. The maximum atomic E-state index is 5.20. The Morgan fingerprint density at radius 2 is 0.587 bits per heavy atom. The molecule has 0 aliphatic carbocycles. The fourth-order valence-corrected chi connectivity index (χ4v) is 6.21. The standard InChI is InChI=1S/C40H24Br2N4/c41-31-17-11-27(12-18-31)39-37(25-7-3-1-4-8-25)43-33-21-15-29(23-35(33)45-39)30-16-22-34-36(24-30)46-40(28-13-19-32(42)20-14-28)38(44-34)26-9-5-2-6-10-26/h1-24H. The van der Waals surface area contributed by atoms with Crippen molar-refractivity contribution in [2.45, 2.75) is 0 Å². The van der Waals surface area contributed by atoms with Crippen LogP contribution in [0.25, 0.3) is 78.2 Å². The Morgan fingerprint density at radius 3 is 0.957 bits per heavy atom. The minimum Gasteiger partial charge on any atom is -0.244 e. The lowest BCUT2D eigenvalue weighted by Crippen LogP contribution is -1.97. The first kappa shape index (κ1) is 28.4. The fraction of sp³-hybridized carbons (Fsp3) is 0. The van der Waals surface area contributed by atoms with Crippen LogP contribution in [0, 0.1) is 0 Å². The summed E-state index contributed by atoms with van der Waals surface area (Å²) in [7, 11) is 0. The summed E-state index contributed by atoms with van der Waals surface area (Å²) >= 11 is 7.12. The quantitative estimate of drug-likeness (QED) is 0.178. The van der Waals surface area contributed by atoms with Crippen LogP contribution in [0.2, 0.25) is 0 Å². The second-order valence-corrected chi connectivity index (χ2v) is 12.8. The third-order valence-corrected chi connectivity index (χ3v) is 9.05. The van der Waals surface area contributed by atoms with Gasteiger partial charge in [-0.3, -0.25) is 0 Å². The molecule has 46 heavy (non-hydrogen) atoms. The summed E-state index contributed by atoms with van der Waals surface area (Å²) in [6.07, 6.45) is 0. The van der Waals surface area contributed by atoms with Crippen LogP contribution in [0.15, 0.2) is 155 Å². The van der Waals surface area contributed by atoms with E-state index in [1.807, 2.05) is 60.7 Å². The van der Waals surface area contributed by atoms with Gasteiger partial charge in [-0.1, -0.05) is 129 Å². The lowest BCUT2D eigenvalue weighted by atomic mass is 10.0. The fourth-order valence-electron chi connectivity index (χ4n) is 5.68. The molecule has 0 unspecified atom stereocenters. The Kier molecular flexibility index (Phi) is 7.45. The van der Waals surface area contributed by atoms with E-state index >= 15 is 0 Å². The summed E-state index contributed by atoms with van der Waals surface area (Å²) in [5.74, 6) is 0. The number of hydrogen-bond acceptors (Lipinski definition) is 4. The zero-order chi connectivity index (χ0) is 31.0. The van der Waals surface area contributed by atoms with Gasteiger partial charge in [0.05, 0.1) is 44.8 Å². The van der Waals surface area contributed by atoms with Crippen molar-refractivity contribution >= 4 is 53.9 Å². The second-order valence-electron chi connectivity index (χ2n) is 11.0. The van der Waals surface area contributed by atoms with Gasteiger partial charge in [0, 0.05) is 31.2 Å². The summed E-state index contributed by atoms with van der Waals surface area (Å²) in [5, 5.41) is 0. The molecule has 0 radical (unpaired) electrons. The first-order chi connectivity index (χ1) is 22.6. The lowest BCUT2D eigenvalue weighted by Gasteiger charge is -2.13. The van der Waals surface area contributed by atoms with E-state index < -0.39 is 0 Å². The molecule has 6 aromatic carbocycles. The van der Waals surface area contributed by atoms with Crippen molar-refractivity contribution in [2.24, 2.45) is 0 Å². The van der Waals surface area contributed by atoms with Crippen molar-refractivity contribution in [2.75, 3.05) is 0 Å². The number of nitrogens with zero attached hydrogens (tertiary/aromatic N) is 4. The minimum atomic E-state index is 0.830. The van der Waals surface area contributed by atoms with Gasteiger partial charge < -0.3 is 0 Å². The van der Waals surface area contributed by atoms with Crippen LogP contribution in [-0.2, 0) is 0 Å². The molecule has 0 atom stereocenters. The second kappa shape index (κ2) is 12.0. The molecule has 0 fully saturated rings. The lowest BCUT2D eigenvalue weighted by molar-refractivity contribution is 1.29. The third-order valence-electron chi connectivity index (χ3n) is 7.99. The molecule has 218 valence electrons. The molecule has 4 nitrogen and oxygen atoms in total.